The van der Waals surface area contributed by atoms with Gasteiger partial charge in [0.25, 0.3) is 0 Å². The van der Waals surface area contributed by atoms with E-state index < -0.39 is 18.0 Å². The highest BCUT2D eigenvalue weighted by molar-refractivity contribution is 5.83. The molecule has 0 fully saturated rings. The van der Waals surface area contributed by atoms with E-state index in [-0.39, 0.29) is 18.3 Å². The lowest BCUT2D eigenvalue weighted by molar-refractivity contribution is -0.143. The van der Waals surface area contributed by atoms with Crippen molar-refractivity contribution in [1.29, 1.82) is 0 Å². The predicted molar refractivity (Wildman–Crippen MR) is 72.4 cm³/mol. The highest BCUT2D eigenvalue weighted by atomic mass is 19.1. The molecule has 1 aromatic carbocycles. The third-order valence-corrected chi connectivity index (χ3v) is 2.81. The molecule has 0 saturated carbocycles. The summed E-state index contributed by atoms with van der Waals surface area (Å²) in [6, 6.07) is 4.88. The van der Waals surface area contributed by atoms with Gasteiger partial charge in [0.05, 0.1) is 7.11 Å². The first kappa shape index (κ1) is 15.9. The van der Waals surface area contributed by atoms with Crippen molar-refractivity contribution in [2.24, 2.45) is 5.92 Å². The normalized spacial score (nSPS) is 11.8. The average molecular weight is 282 g/mol. The highest BCUT2D eigenvalue weighted by Gasteiger charge is 2.24. The number of rotatable bonds is 5. The Bertz CT molecular complexity index is 477. The molecule has 1 rings (SSSR count). The first-order chi connectivity index (χ1) is 9.45. The van der Waals surface area contributed by atoms with E-state index in [0.29, 0.717) is 5.56 Å². The van der Waals surface area contributed by atoms with Gasteiger partial charge in [-0.05, 0) is 12.0 Å². The quantitative estimate of drug-likeness (QED) is 0.810. The van der Waals surface area contributed by atoms with Crippen molar-refractivity contribution in [3.63, 3.8) is 0 Å². The molecule has 6 heteroatoms. The number of carbonyl (C=O) groups is 2. The van der Waals surface area contributed by atoms with Crippen LogP contribution in [0.15, 0.2) is 24.3 Å². The second-order valence-corrected chi connectivity index (χ2v) is 4.66. The fraction of sp³-hybridized carbons (Fsp3) is 0.429. The summed E-state index contributed by atoms with van der Waals surface area (Å²) in [5, 5.41) is 5.02. The van der Waals surface area contributed by atoms with Crippen LogP contribution < -0.4 is 10.6 Å². The second-order valence-electron chi connectivity index (χ2n) is 4.66. The number of hydrogen-bond acceptors (Lipinski definition) is 3. The van der Waals surface area contributed by atoms with Gasteiger partial charge in [0.2, 0.25) is 0 Å². The zero-order valence-electron chi connectivity index (χ0n) is 11.8. The van der Waals surface area contributed by atoms with Crippen molar-refractivity contribution in [2.75, 3.05) is 7.11 Å². The maximum Gasteiger partial charge on any atom is 0.328 e. The maximum absolute atomic E-state index is 13.4. The number of halogens is 1. The minimum atomic E-state index is -0.736. The van der Waals surface area contributed by atoms with E-state index in [4.69, 9.17) is 0 Å². The number of amides is 2. The number of esters is 1. The van der Waals surface area contributed by atoms with Gasteiger partial charge in [-0.3, -0.25) is 0 Å². The fourth-order valence-corrected chi connectivity index (χ4v) is 1.63. The Hall–Kier alpha value is -2.11. The zero-order chi connectivity index (χ0) is 15.1. The van der Waals surface area contributed by atoms with E-state index in [1.54, 1.807) is 32.0 Å². The SMILES string of the molecule is COC(=O)[C@H](NC(=O)NCc1ccccc1F)C(C)C. The van der Waals surface area contributed by atoms with Crippen molar-refractivity contribution in [1.82, 2.24) is 10.6 Å². The van der Waals surface area contributed by atoms with Crippen molar-refractivity contribution >= 4 is 12.0 Å². The van der Waals surface area contributed by atoms with Crippen LogP contribution in [0.2, 0.25) is 0 Å². The molecule has 0 bridgehead atoms. The maximum atomic E-state index is 13.4. The first-order valence-electron chi connectivity index (χ1n) is 6.31. The van der Waals surface area contributed by atoms with E-state index in [1.165, 1.54) is 13.2 Å². The smallest absolute Gasteiger partial charge is 0.328 e. The largest absolute Gasteiger partial charge is 0.467 e. The predicted octanol–water partition coefficient (Wildman–Crippen LogP) is 1.82. The molecular weight excluding hydrogens is 263 g/mol. The number of urea groups is 1. The zero-order valence-corrected chi connectivity index (χ0v) is 11.8. The molecule has 1 atom stereocenters. The standard InChI is InChI=1S/C14H19FN2O3/c1-9(2)12(13(18)20-3)17-14(19)16-8-10-6-4-5-7-11(10)15/h4-7,9,12H,8H2,1-3H3,(H2,16,17,19)/t12-/m1/s1. The van der Waals surface area contributed by atoms with Gasteiger partial charge in [0.15, 0.2) is 0 Å². The monoisotopic (exact) mass is 282 g/mol. The summed E-state index contributed by atoms with van der Waals surface area (Å²) in [7, 11) is 1.26. The van der Waals surface area contributed by atoms with E-state index in [1.807, 2.05) is 0 Å². The van der Waals surface area contributed by atoms with Crippen LogP contribution in [-0.4, -0.2) is 25.2 Å². The Morgan fingerprint density at radius 3 is 2.50 bits per heavy atom. The Morgan fingerprint density at radius 1 is 1.30 bits per heavy atom. The molecule has 0 saturated heterocycles. The van der Waals surface area contributed by atoms with Gasteiger partial charge in [-0.15, -0.1) is 0 Å². The van der Waals surface area contributed by atoms with Crippen LogP contribution in [0.25, 0.3) is 0 Å². The lowest BCUT2D eigenvalue weighted by Crippen LogP contribution is -2.48. The lowest BCUT2D eigenvalue weighted by Gasteiger charge is -2.20. The van der Waals surface area contributed by atoms with Crippen molar-refractivity contribution in [3.8, 4) is 0 Å². The van der Waals surface area contributed by atoms with Crippen LogP contribution in [0.1, 0.15) is 19.4 Å². The number of methoxy groups -OCH3 is 1. The van der Waals surface area contributed by atoms with Crippen LogP contribution in [0.5, 0.6) is 0 Å². The van der Waals surface area contributed by atoms with Gasteiger partial charge < -0.3 is 15.4 Å². The van der Waals surface area contributed by atoms with E-state index >= 15 is 0 Å². The summed E-state index contributed by atoms with van der Waals surface area (Å²) >= 11 is 0. The third-order valence-electron chi connectivity index (χ3n) is 2.81. The van der Waals surface area contributed by atoms with Gasteiger partial charge in [0.1, 0.15) is 11.9 Å². The molecule has 0 aromatic heterocycles. The number of ether oxygens (including phenoxy) is 1. The van der Waals surface area contributed by atoms with Crippen LogP contribution in [-0.2, 0) is 16.1 Å². The summed E-state index contributed by atoms with van der Waals surface area (Å²) in [5.41, 5.74) is 0.377. The second kappa shape index (κ2) is 7.47. The van der Waals surface area contributed by atoms with Gasteiger partial charge in [0, 0.05) is 12.1 Å². The van der Waals surface area contributed by atoms with Crippen LogP contribution >= 0.6 is 0 Å². The molecule has 0 unspecified atom stereocenters. The molecule has 0 spiro atoms. The molecule has 110 valence electrons. The van der Waals surface area contributed by atoms with E-state index in [9.17, 15) is 14.0 Å². The molecule has 0 radical (unpaired) electrons. The lowest BCUT2D eigenvalue weighted by atomic mass is 10.1. The summed E-state index contributed by atoms with van der Waals surface area (Å²) in [6.45, 7) is 3.63. The van der Waals surface area contributed by atoms with Gasteiger partial charge >= 0.3 is 12.0 Å². The minimum absolute atomic E-state index is 0.0461. The summed E-state index contributed by atoms with van der Waals surface area (Å²) in [6.07, 6.45) is 0. The molecule has 2 amide bonds. The summed E-state index contributed by atoms with van der Waals surface area (Å²) in [5.74, 6) is -1.01. The average Bonchev–Trinajstić information content (AvgIpc) is 2.42. The van der Waals surface area contributed by atoms with Crippen molar-refractivity contribution < 1.29 is 18.7 Å². The molecule has 0 aliphatic carbocycles. The molecular formula is C14H19FN2O3. The Balaban J connectivity index is 2.55. The van der Waals surface area contributed by atoms with Crippen molar-refractivity contribution in [3.05, 3.63) is 35.6 Å². The molecule has 2 N–H and O–H groups in total. The molecule has 0 aliphatic heterocycles. The minimum Gasteiger partial charge on any atom is -0.467 e. The van der Waals surface area contributed by atoms with Gasteiger partial charge in [-0.1, -0.05) is 32.0 Å². The van der Waals surface area contributed by atoms with Gasteiger partial charge in [-0.25, -0.2) is 14.0 Å². The topological polar surface area (TPSA) is 67.4 Å². The van der Waals surface area contributed by atoms with Crippen LogP contribution in [0, 0.1) is 11.7 Å². The summed E-state index contributed by atoms with van der Waals surface area (Å²) in [4.78, 5) is 23.2. The van der Waals surface area contributed by atoms with Crippen molar-refractivity contribution in [2.45, 2.75) is 26.4 Å². The Morgan fingerprint density at radius 2 is 1.95 bits per heavy atom. The molecule has 0 aliphatic rings. The molecule has 1 aromatic rings. The Kier molecular flexibility index (Phi) is 5.96. The van der Waals surface area contributed by atoms with Gasteiger partial charge in [-0.2, -0.15) is 0 Å². The van der Waals surface area contributed by atoms with E-state index in [2.05, 4.69) is 15.4 Å². The summed E-state index contributed by atoms with van der Waals surface area (Å²) < 4.78 is 18.0. The van der Waals surface area contributed by atoms with E-state index in [0.717, 1.165) is 0 Å². The fourth-order valence-electron chi connectivity index (χ4n) is 1.63. The number of benzene rings is 1. The first-order valence-corrected chi connectivity index (χ1v) is 6.31. The number of carbonyl (C=O) groups excluding carboxylic acids is 2. The number of nitrogens with one attached hydrogen (secondary N) is 2. The molecule has 0 heterocycles. The highest BCUT2D eigenvalue weighted by Crippen LogP contribution is 2.06. The third kappa shape index (κ3) is 4.53. The molecule has 5 nitrogen and oxygen atoms in total. The van der Waals surface area contributed by atoms with Crippen LogP contribution in [0.4, 0.5) is 9.18 Å². The van der Waals surface area contributed by atoms with Crippen LogP contribution in [0.3, 0.4) is 0 Å². The molecule has 20 heavy (non-hydrogen) atoms. The Labute approximate surface area is 117 Å². The number of hydrogen-bond donors (Lipinski definition) is 2.